The summed E-state index contributed by atoms with van der Waals surface area (Å²) < 4.78 is 61.1. The van der Waals surface area contributed by atoms with Crippen molar-refractivity contribution in [3.63, 3.8) is 0 Å². The minimum absolute atomic E-state index is 0.0847. The summed E-state index contributed by atoms with van der Waals surface area (Å²) in [6.45, 7) is 2.32. The minimum atomic E-state index is -4.94. The molecule has 0 aliphatic heterocycles. The molecule has 18 heteroatoms. The number of ether oxygens (including phenoxy) is 3. The molecule has 0 radical (unpaired) electrons. The van der Waals surface area contributed by atoms with Gasteiger partial charge in [-0.2, -0.15) is 0 Å². The monoisotopic (exact) mass is 1510 g/mol. The highest BCUT2D eigenvalue weighted by Crippen LogP contribution is 2.45. The Morgan fingerprint density at radius 3 is 0.752 bits per heavy atom. The van der Waals surface area contributed by atoms with Crippen LogP contribution in [0.25, 0.3) is 0 Å². The first-order valence-corrected chi connectivity index (χ1v) is 44.1. The predicted molar refractivity (Wildman–Crippen MR) is 436 cm³/mol. The van der Waals surface area contributed by atoms with Crippen LogP contribution in [0.15, 0.2) is 146 Å². The Morgan fingerprint density at radius 1 is 0.267 bits per heavy atom. The number of phosphoric acid groups is 2. The molecule has 0 bridgehead atoms. The quantitative estimate of drug-likeness (QED) is 0.0146. The molecule has 0 aliphatic carbocycles. The van der Waals surface area contributed by atoms with Gasteiger partial charge in [0.2, 0.25) is 0 Å². The summed E-state index contributed by atoms with van der Waals surface area (Å²) in [4.78, 5) is 58.7. The first-order valence-electron chi connectivity index (χ1n) is 41.1. The number of aliphatic hydroxyl groups excluding tert-OH is 2. The number of phosphoric ester groups is 2. The van der Waals surface area contributed by atoms with Gasteiger partial charge >= 0.3 is 33.6 Å². The first-order chi connectivity index (χ1) is 51.2. The van der Waals surface area contributed by atoms with E-state index in [9.17, 15) is 43.5 Å². The van der Waals surface area contributed by atoms with Crippen LogP contribution in [0.1, 0.15) is 329 Å². The normalized spacial score (nSPS) is 14.7. The van der Waals surface area contributed by atoms with E-state index >= 15 is 0 Å². The lowest BCUT2D eigenvalue weighted by molar-refractivity contribution is -0.161. The second-order valence-corrected chi connectivity index (χ2v) is 30.0. The Morgan fingerprint density at radius 2 is 0.476 bits per heavy atom. The van der Waals surface area contributed by atoms with Gasteiger partial charge in [-0.1, -0.05) is 321 Å². The topological polar surface area (TPSA) is 231 Å². The smallest absolute Gasteiger partial charge is 0.463 e. The van der Waals surface area contributed by atoms with Gasteiger partial charge in [0.05, 0.1) is 26.4 Å². The molecule has 0 saturated heterocycles. The molecule has 0 heterocycles. The molecule has 5 atom stereocenters. The fraction of sp³-hybridized carbons (Fsp3) is 0.690. The maximum Gasteiger partial charge on any atom is 0.472 e. The Hall–Kier alpha value is -4.57. The molecule has 105 heavy (non-hydrogen) atoms. The zero-order chi connectivity index (χ0) is 76.6. The molecule has 602 valence electrons. The average Bonchev–Trinajstić information content (AvgIpc) is 0.911. The first kappa shape index (κ1) is 100. The van der Waals surface area contributed by atoms with Crippen molar-refractivity contribution in [3.05, 3.63) is 146 Å². The van der Waals surface area contributed by atoms with Gasteiger partial charge in [0.1, 0.15) is 25.4 Å². The van der Waals surface area contributed by atoms with Crippen molar-refractivity contribution >= 4 is 33.6 Å². The highest BCUT2D eigenvalue weighted by atomic mass is 31.2. The van der Waals surface area contributed by atoms with Gasteiger partial charge in [-0.3, -0.25) is 32.5 Å². The van der Waals surface area contributed by atoms with E-state index in [1.807, 2.05) is 0 Å². The third-order valence-corrected chi connectivity index (χ3v) is 18.9. The van der Waals surface area contributed by atoms with Crippen molar-refractivity contribution in [3.8, 4) is 0 Å². The Labute approximate surface area is 638 Å². The lowest BCUT2D eigenvalue weighted by Crippen LogP contribution is -2.30. The van der Waals surface area contributed by atoms with E-state index in [4.69, 9.17) is 32.3 Å². The van der Waals surface area contributed by atoms with E-state index in [0.29, 0.717) is 19.3 Å². The Bertz CT molecular complexity index is 2490. The van der Waals surface area contributed by atoms with Crippen LogP contribution in [-0.4, -0.2) is 95.9 Å². The zero-order valence-corrected chi connectivity index (χ0v) is 67.6. The molecule has 0 fully saturated rings. The summed E-state index contributed by atoms with van der Waals surface area (Å²) in [5, 5.41) is 20.7. The predicted octanol–water partition coefficient (Wildman–Crippen LogP) is 24.4. The van der Waals surface area contributed by atoms with Crippen LogP contribution >= 0.6 is 15.6 Å². The number of hydrogen-bond donors (Lipinski definition) is 4. The largest absolute Gasteiger partial charge is 0.472 e. The summed E-state index contributed by atoms with van der Waals surface area (Å²) in [6.07, 6.45) is 97.7. The van der Waals surface area contributed by atoms with Crippen LogP contribution in [0, 0.1) is 0 Å². The second-order valence-electron chi connectivity index (χ2n) is 27.1. The summed E-state index contributed by atoms with van der Waals surface area (Å²) in [5.74, 6) is -1.61. The lowest BCUT2D eigenvalue weighted by atomic mass is 10.0. The van der Waals surface area contributed by atoms with E-state index in [-0.39, 0.29) is 19.3 Å². The molecule has 4 N–H and O–H groups in total. The van der Waals surface area contributed by atoms with Gasteiger partial charge in [0, 0.05) is 19.3 Å². The molecule has 0 aromatic carbocycles. The number of carbonyl (C=O) groups excluding carboxylic acids is 3. The maximum atomic E-state index is 13.0. The Kier molecular flexibility index (Phi) is 75.6. The van der Waals surface area contributed by atoms with E-state index < -0.39 is 91.5 Å². The fourth-order valence-electron chi connectivity index (χ4n) is 10.9. The number of esters is 3. The maximum absolute atomic E-state index is 13.0. The summed E-state index contributed by atoms with van der Waals surface area (Å²) in [5.41, 5.74) is 0. The van der Waals surface area contributed by atoms with Crippen molar-refractivity contribution in [2.75, 3.05) is 39.6 Å². The van der Waals surface area contributed by atoms with E-state index in [2.05, 4.69) is 167 Å². The van der Waals surface area contributed by atoms with Crippen LogP contribution in [0.5, 0.6) is 0 Å². The van der Waals surface area contributed by atoms with Gasteiger partial charge in [0.15, 0.2) is 6.10 Å². The molecule has 0 aromatic rings. The lowest BCUT2D eigenvalue weighted by Gasteiger charge is -2.21. The van der Waals surface area contributed by atoms with Gasteiger partial charge in [-0.15, -0.1) is 0 Å². The van der Waals surface area contributed by atoms with Crippen LogP contribution in [0.4, 0.5) is 0 Å². The average molecular weight is 1510 g/mol. The van der Waals surface area contributed by atoms with Gasteiger partial charge < -0.3 is 34.2 Å². The fourth-order valence-corrected chi connectivity index (χ4v) is 12.5. The highest BCUT2D eigenvalue weighted by molar-refractivity contribution is 7.47. The van der Waals surface area contributed by atoms with Crippen molar-refractivity contribution in [2.24, 2.45) is 0 Å². The van der Waals surface area contributed by atoms with Crippen LogP contribution < -0.4 is 0 Å². The van der Waals surface area contributed by atoms with E-state index in [1.165, 1.54) is 103 Å². The van der Waals surface area contributed by atoms with Gasteiger partial charge in [-0.25, -0.2) is 9.13 Å². The third kappa shape index (κ3) is 80.3. The third-order valence-electron chi connectivity index (χ3n) is 17.0. The van der Waals surface area contributed by atoms with E-state index in [0.717, 1.165) is 167 Å². The molecular formula is C87H148O16P2. The molecule has 16 nitrogen and oxygen atoms in total. The standard InChI is InChI=1S/C87H148O16P2/c1-4-7-10-13-16-19-22-25-28-31-32-33-34-35-36-37-38-39-40-41-42-43-44-45-46-47-48-51-53-55-58-61-64-67-70-73-85(90)97-76-82(88)77-99-104(93,94)100-78-83(89)79-101-105(95,96)102-81-84(103-87(92)75-72-69-66-63-60-57-54-50-30-27-24-21-18-15-12-9-6-3)80-98-86(91)74-71-68-65-62-59-56-52-49-29-26-23-20-17-14-11-8-5-2/h7-12,16-21,25-30,32-33,35-36,52,56,82-84,88-89H,4-6,13-15,22-24,31,34,37-51,53-55,57-81H2,1-3H3,(H,93,94)(H,95,96)/b10-7-,11-8-,12-9-,19-16-,20-17-,21-18-,28-25-,29-26-,30-27-,33-32-,36-35-,56-52-. The van der Waals surface area contributed by atoms with E-state index in [1.54, 1.807) is 0 Å². The van der Waals surface area contributed by atoms with Crippen molar-refractivity contribution in [2.45, 2.75) is 347 Å². The Balaban J connectivity index is 4.42. The van der Waals surface area contributed by atoms with Crippen molar-refractivity contribution in [1.29, 1.82) is 0 Å². The molecular weight excluding hydrogens is 1360 g/mol. The van der Waals surface area contributed by atoms with Crippen LogP contribution in [0.3, 0.4) is 0 Å². The zero-order valence-electron chi connectivity index (χ0n) is 65.9. The second kappa shape index (κ2) is 79.0. The van der Waals surface area contributed by atoms with Gasteiger partial charge in [0.25, 0.3) is 0 Å². The summed E-state index contributed by atoms with van der Waals surface area (Å²) >= 11 is 0. The van der Waals surface area contributed by atoms with Gasteiger partial charge in [-0.05, 0) is 135 Å². The van der Waals surface area contributed by atoms with Crippen LogP contribution in [-0.2, 0) is 55.8 Å². The molecule has 0 amide bonds. The minimum Gasteiger partial charge on any atom is -0.463 e. The highest BCUT2D eigenvalue weighted by Gasteiger charge is 2.29. The molecule has 0 aliphatic rings. The number of hydrogen-bond acceptors (Lipinski definition) is 14. The summed E-state index contributed by atoms with van der Waals surface area (Å²) in [7, 11) is -9.80. The summed E-state index contributed by atoms with van der Waals surface area (Å²) in [6, 6.07) is 0. The van der Waals surface area contributed by atoms with Crippen LogP contribution in [0.2, 0.25) is 0 Å². The molecule has 0 spiro atoms. The number of rotatable bonds is 77. The molecule has 0 aromatic heterocycles. The van der Waals surface area contributed by atoms with Crippen molar-refractivity contribution < 1.29 is 75.8 Å². The molecule has 0 rings (SSSR count). The number of unbranched alkanes of at least 4 members (excludes halogenated alkanes) is 30. The molecule has 0 saturated carbocycles. The number of carbonyl (C=O) groups is 3. The number of allylic oxidation sites excluding steroid dienone is 24. The molecule has 5 unspecified atom stereocenters. The number of aliphatic hydroxyl groups is 2. The van der Waals surface area contributed by atoms with Crippen molar-refractivity contribution in [1.82, 2.24) is 0 Å². The SMILES string of the molecule is CC/C=C\C/C=C\C/C=C\C/C=C\C/C=C\CCCCCCCCCCCCCCCCCCCCCC(=O)OCC(O)COP(=O)(O)OCC(O)COP(=O)(O)OCC(COC(=O)CCCCCC/C=C\C/C=C\C/C=C\C/C=C\CC)OC(=O)CCCCCCCCC/C=C\C/C=C\C/C=C\CC.